The zero-order valence-corrected chi connectivity index (χ0v) is 24.4. The van der Waals surface area contributed by atoms with Crippen LogP contribution in [0, 0.1) is 5.41 Å². The van der Waals surface area contributed by atoms with Crippen LogP contribution in [0.4, 0.5) is 5.69 Å². The number of aromatic nitrogens is 1. The van der Waals surface area contributed by atoms with E-state index in [0.29, 0.717) is 44.8 Å². The third kappa shape index (κ3) is 6.58. The lowest BCUT2D eigenvalue weighted by Crippen LogP contribution is -2.45. The van der Waals surface area contributed by atoms with Crippen molar-refractivity contribution in [1.82, 2.24) is 4.98 Å². The highest BCUT2D eigenvalue weighted by Crippen LogP contribution is 2.45. The number of benzene rings is 2. The fourth-order valence-electron chi connectivity index (χ4n) is 4.65. The predicted octanol–water partition coefficient (Wildman–Crippen LogP) is 4.91. The first-order valence-corrected chi connectivity index (χ1v) is 14.0. The van der Waals surface area contributed by atoms with Gasteiger partial charge in [0, 0.05) is 57.9 Å². The number of aliphatic hydroxyl groups is 1. The highest BCUT2D eigenvalue weighted by Gasteiger charge is 2.40. The molecule has 11 heteroatoms. The number of hydrogen-bond donors (Lipinski definition) is 2. The quantitative estimate of drug-likeness (QED) is 0.324. The zero-order chi connectivity index (χ0) is 29.0. The van der Waals surface area contributed by atoms with E-state index in [9.17, 15) is 14.7 Å². The average molecular weight is 589 g/mol. The van der Waals surface area contributed by atoms with Crippen molar-refractivity contribution in [2.45, 2.75) is 45.3 Å². The number of carboxylic acid groups (broad SMARTS) is 1. The fraction of sp³-hybridized carbons (Fsp3) is 0.414. The Labute approximate surface area is 242 Å². The van der Waals surface area contributed by atoms with Crippen LogP contribution in [0.15, 0.2) is 42.6 Å². The van der Waals surface area contributed by atoms with E-state index < -0.39 is 23.6 Å². The van der Waals surface area contributed by atoms with Crippen molar-refractivity contribution in [3.63, 3.8) is 0 Å². The van der Waals surface area contributed by atoms with Crippen LogP contribution < -0.4 is 14.4 Å². The van der Waals surface area contributed by atoms with E-state index in [1.807, 2.05) is 26.0 Å². The molecule has 0 spiro atoms. The molecular formula is C29H33ClN2O7S. The normalized spacial score (nSPS) is 17.4. The molecule has 0 bridgehead atoms. The summed E-state index contributed by atoms with van der Waals surface area (Å²) in [6.45, 7) is 3.88. The summed E-state index contributed by atoms with van der Waals surface area (Å²) in [6.07, 6.45) is 0.488. The highest BCUT2D eigenvalue weighted by molar-refractivity contribution is 7.11. The Bertz CT molecular complexity index is 1380. The Hall–Kier alpha value is -3.18. The summed E-state index contributed by atoms with van der Waals surface area (Å²) in [6, 6.07) is 10.8. The zero-order valence-electron chi connectivity index (χ0n) is 22.8. The van der Waals surface area contributed by atoms with Crippen LogP contribution in [0.25, 0.3) is 0 Å². The van der Waals surface area contributed by atoms with Gasteiger partial charge in [-0.2, -0.15) is 0 Å². The molecule has 1 aliphatic rings. The van der Waals surface area contributed by atoms with Crippen molar-refractivity contribution in [2.24, 2.45) is 5.41 Å². The molecule has 1 aromatic heterocycles. The van der Waals surface area contributed by atoms with Gasteiger partial charge >= 0.3 is 5.97 Å². The lowest BCUT2D eigenvalue weighted by molar-refractivity contribution is -0.137. The van der Waals surface area contributed by atoms with Crippen molar-refractivity contribution in [1.29, 1.82) is 0 Å². The van der Waals surface area contributed by atoms with Crippen molar-refractivity contribution >= 4 is 40.5 Å². The first-order valence-electron chi connectivity index (χ1n) is 12.8. The van der Waals surface area contributed by atoms with Gasteiger partial charge in [-0.25, -0.2) is 4.98 Å². The number of thiazole rings is 1. The Morgan fingerprint density at radius 3 is 2.65 bits per heavy atom. The summed E-state index contributed by atoms with van der Waals surface area (Å²) >= 11 is 7.84. The molecule has 0 unspecified atom stereocenters. The number of para-hydroxylation sites is 1. The Morgan fingerprint density at radius 2 is 1.98 bits per heavy atom. The summed E-state index contributed by atoms with van der Waals surface area (Å²) in [5.41, 5.74) is 1.35. The lowest BCUT2D eigenvalue weighted by Gasteiger charge is -2.32. The van der Waals surface area contributed by atoms with Crippen LogP contribution in [-0.4, -0.2) is 60.5 Å². The van der Waals surface area contributed by atoms with Crippen molar-refractivity contribution in [3.8, 4) is 11.5 Å². The number of carbonyl (C=O) groups excluding carboxylic acids is 1. The maximum Gasteiger partial charge on any atom is 0.303 e. The largest absolute Gasteiger partial charge is 0.493 e. The number of rotatable bonds is 11. The number of nitrogens with zero attached hydrogens (tertiary/aromatic N) is 2. The van der Waals surface area contributed by atoms with Crippen molar-refractivity contribution in [3.05, 3.63) is 68.6 Å². The number of hydrogen-bond acceptors (Lipinski definition) is 8. The second kappa shape index (κ2) is 12.6. The number of aliphatic hydroxyl groups excluding tert-OH is 1. The van der Waals surface area contributed by atoms with Gasteiger partial charge in [-0.05, 0) is 30.7 Å². The van der Waals surface area contributed by atoms with Crippen LogP contribution in [0.1, 0.15) is 47.4 Å². The van der Waals surface area contributed by atoms with Gasteiger partial charge in [0.2, 0.25) is 0 Å². The predicted molar refractivity (Wildman–Crippen MR) is 153 cm³/mol. The third-order valence-electron chi connectivity index (χ3n) is 6.68. The van der Waals surface area contributed by atoms with Crippen LogP contribution in [0.5, 0.6) is 11.5 Å². The van der Waals surface area contributed by atoms with Crippen LogP contribution in [-0.2, 0) is 27.2 Å². The molecule has 0 saturated carbocycles. The van der Waals surface area contributed by atoms with Gasteiger partial charge < -0.3 is 29.3 Å². The van der Waals surface area contributed by atoms with Gasteiger partial charge in [-0.15, -0.1) is 11.3 Å². The molecule has 1 amide bonds. The molecule has 3 aromatic rings. The number of anilines is 1. The van der Waals surface area contributed by atoms with E-state index in [4.69, 9.17) is 30.9 Å². The Balaban J connectivity index is 1.83. The number of carbonyl (C=O) groups is 2. The minimum absolute atomic E-state index is 0.00170. The van der Waals surface area contributed by atoms with Crippen LogP contribution >= 0.6 is 22.9 Å². The van der Waals surface area contributed by atoms with Gasteiger partial charge in [0.25, 0.3) is 5.91 Å². The summed E-state index contributed by atoms with van der Waals surface area (Å²) in [7, 11) is 3.10. The fourth-order valence-corrected chi connectivity index (χ4v) is 5.78. The second-order valence-electron chi connectivity index (χ2n) is 10.4. The molecule has 2 atom stereocenters. The summed E-state index contributed by atoms with van der Waals surface area (Å²) in [4.78, 5) is 32.1. The monoisotopic (exact) mass is 588 g/mol. The Morgan fingerprint density at radius 1 is 1.20 bits per heavy atom. The molecule has 9 nitrogen and oxygen atoms in total. The molecule has 4 rings (SSSR count). The molecule has 0 saturated heterocycles. The summed E-state index contributed by atoms with van der Waals surface area (Å²) in [5.74, 6) is -0.176. The molecular weight excluding hydrogens is 556 g/mol. The Kier molecular flexibility index (Phi) is 9.35. The number of ether oxygens (including phenoxy) is 3. The van der Waals surface area contributed by atoms with Gasteiger partial charge in [0.05, 0.1) is 25.6 Å². The SMILES string of the molecule is COc1cccc([C@H]2O[C@H](Cc3ncc(CCC(=O)O)s3)C(=O)N(CC(C)(C)CO)c3ccc(Cl)cc32)c1OC. The smallest absolute Gasteiger partial charge is 0.303 e. The molecule has 214 valence electrons. The van der Waals surface area contributed by atoms with E-state index in [1.165, 1.54) is 11.3 Å². The molecule has 0 radical (unpaired) electrons. The topological polar surface area (TPSA) is 118 Å². The van der Waals surface area contributed by atoms with Gasteiger partial charge in [-0.3, -0.25) is 9.59 Å². The first kappa shape index (κ1) is 29.8. The minimum Gasteiger partial charge on any atom is -0.493 e. The first-order chi connectivity index (χ1) is 19.1. The van der Waals surface area contributed by atoms with E-state index in [0.717, 1.165) is 4.88 Å². The number of methoxy groups -OCH3 is 2. The molecule has 2 heterocycles. The number of halogens is 1. The number of amides is 1. The van der Waals surface area contributed by atoms with Crippen molar-refractivity contribution < 1.29 is 34.0 Å². The lowest BCUT2D eigenvalue weighted by atomic mass is 9.92. The molecule has 0 aliphatic carbocycles. The summed E-state index contributed by atoms with van der Waals surface area (Å²) < 4.78 is 17.9. The minimum atomic E-state index is -0.944. The van der Waals surface area contributed by atoms with E-state index in [1.54, 1.807) is 49.6 Å². The van der Waals surface area contributed by atoms with E-state index in [2.05, 4.69) is 4.98 Å². The number of carboxylic acids is 1. The number of aryl methyl sites for hydroxylation is 1. The van der Waals surface area contributed by atoms with Crippen LogP contribution in [0.3, 0.4) is 0 Å². The molecule has 1 aliphatic heterocycles. The maximum absolute atomic E-state index is 14.2. The number of fused-ring (bicyclic) bond motifs is 1. The van der Waals surface area contributed by atoms with Gasteiger partial charge in [0.1, 0.15) is 12.2 Å². The third-order valence-corrected chi connectivity index (χ3v) is 8.00. The van der Waals surface area contributed by atoms with Crippen molar-refractivity contribution in [2.75, 3.05) is 32.3 Å². The summed E-state index contributed by atoms with van der Waals surface area (Å²) in [5, 5.41) is 20.2. The van der Waals surface area contributed by atoms with Gasteiger partial charge in [-0.1, -0.05) is 37.6 Å². The number of aliphatic carboxylic acids is 1. The second-order valence-corrected chi connectivity index (χ2v) is 12.0. The molecule has 2 N–H and O–H groups in total. The van der Waals surface area contributed by atoms with E-state index in [-0.39, 0.29) is 31.9 Å². The highest BCUT2D eigenvalue weighted by atomic mass is 35.5. The van der Waals surface area contributed by atoms with E-state index >= 15 is 0 Å². The standard InChI is InChI=1S/C29H33ClN2O7S/c1-29(2,16-33)15-32-21-10-8-17(30)12-20(21)26(19-6-5-7-22(37-3)27(19)38-4)39-23(28(32)36)13-24-31-14-18(40-24)9-11-25(34)35/h5-8,10,12,14,23,26,33H,9,11,13,15-16H2,1-4H3,(H,34,35)/t23-,26-/m1/s1. The average Bonchev–Trinajstić information content (AvgIpc) is 3.35. The van der Waals surface area contributed by atoms with Crippen LogP contribution in [0.2, 0.25) is 5.02 Å². The molecule has 0 fully saturated rings. The maximum atomic E-state index is 14.2. The molecule has 40 heavy (non-hydrogen) atoms. The molecule has 2 aromatic carbocycles. The van der Waals surface area contributed by atoms with Gasteiger partial charge in [0.15, 0.2) is 11.5 Å².